The van der Waals surface area contributed by atoms with Crippen LogP contribution in [0.3, 0.4) is 0 Å². The minimum atomic E-state index is 0.559. The molecule has 0 atom stereocenters. The van der Waals surface area contributed by atoms with E-state index in [2.05, 4.69) is 17.2 Å². The number of para-hydroxylation sites is 1. The normalized spacial score (nSPS) is 10.8. The van der Waals surface area contributed by atoms with Crippen LogP contribution in [0.15, 0.2) is 22.6 Å². The molecule has 0 amide bonds. The van der Waals surface area contributed by atoms with Crippen molar-refractivity contribution in [3.8, 4) is 0 Å². The standard InChI is InChI=1S/C12H17N3O/c1-2-3-4-8-14-12-15-11-9(13)6-5-7-10(11)16-12/h5-7H,2-4,8,13H2,1H3,(H,14,15). The van der Waals surface area contributed by atoms with E-state index in [-0.39, 0.29) is 0 Å². The molecule has 0 aliphatic rings. The second kappa shape index (κ2) is 4.88. The number of anilines is 2. The van der Waals surface area contributed by atoms with Gasteiger partial charge < -0.3 is 15.5 Å². The van der Waals surface area contributed by atoms with E-state index in [0.717, 1.165) is 24.1 Å². The second-order valence-electron chi connectivity index (χ2n) is 3.85. The number of fused-ring (bicyclic) bond motifs is 1. The predicted octanol–water partition coefficient (Wildman–Crippen LogP) is 3.01. The van der Waals surface area contributed by atoms with Gasteiger partial charge in [-0.15, -0.1) is 0 Å². The SMILES string of the molecule is CCCCCNc1nc2c(N)cccc2o1. The maximum atomic E-state index is 5.80. The molecule has 0 unspecified atom stereocenters. The number of nitrogens with two attached hydrogens (primary N) is 1. The molecule has 0 saturated carbocycles. The lowest BCUT2D eigenvalue weighted by Gasteiger charge is -1.98. The highest BCUT2D eigenvalue weighted by atomic mass is 16.4. The van der Waals surface area contributed by atoms with Crippen LogP contribution in [0.4, 0.5) is 11.7 Å². The molecule has 16 heavy (non-hydrogen) atoms. The van der Waals surface area contributed by atoms with Crippen LogP contribution in [0.25, 0.3) is 11.1 Å². The molecule has 3 N–H and O–H groups in total. The van der Waals surface area contributed by atoms with Gasteiger partial charge in [0.1, 0.15) is 5.52 Å². The van der Waals surface area contributed by atoms with E-state index in [9.17, 15) is 0 Å². The Bertz CT molecular complexity index is 464. The third kappa shape index (κ3) is 2.27. The van der Waals surface area contributed by atoms with E-state index in [0.29, 0.717) is 11.7 Å². The molecule has 4 heteroatoms. The molecule has 0 aliphatic heterocycles. The number of unbranched alkanes of at least 4 members (excludes halogenated alkanes) is 2. The van der Waals surface area contributed by atoms with Gasteiger partial charge in [0.15, 0.2) is 5.58 Å². The molecule has 1 heterocycles. The Kier molecular flexibility index (Phi) is 3.29. The molecule has 0 saturated heterocycles. The highest BCUT2D eigenvalue weighted by Crippen LogP contribution is 2.23. The number of nitrogens with zero attached hydrogens (tertiary/aromatic N) is 1. The first-order chi connectivity index (χ1) is 7.81. The van der Waals surface area contributed by atoms with Gasteiger partial charge in [0, 0.05) is 6.54 Å². The van der Waals surface area contributed by atoms with Crippen molar-refractivity contribution < 1.29 is 4.42 Å². The minimum absolute atomic E-state index is 0.559. The molecule has 2 aromatic rings. The largest absolute Gasteiger partial charge is 0.423 e. The quantitative estimate of drug-likeness (QED) is 0.599. The summed E-state index contributed by atoms with van der Waals surface area (Å²) < 4.78 is 5.53. The lowest BCUT2D eigenvalue weighted by molar-refractivity contribution is 0.609. The van der Waals surface area contributed by atoms with Crippen LogP contribution in [-0.4, -0.2) is 11.5 Å². The van der Waals surface area contributed by atoms with Gasteiger partial charge >= 0.3 is 0 Å². The zero-order valence-electron chi connectivity index (χ0n) is 9.49. The zero-order chi connectivity index (χ0) is 11.4. The molecule has 1 aromatic carbocycles. The summed E-state index contributed by atoms with van der Waals surface area (Å²) in [6.07, 6.45) is 3.56. The summed E-state index contributed by atoms with van der Waals surface area (Å²) in [7, 11) is 0. The summed E-state index contributed by atoms with van der Waals surface area (Å²) in [6.45, 7) is 3.07. The van der Waals surface area contributed by atoms with Gasteiger partial charge in [-0.25, -0.2) is 0 Å². The summed E-state index contributed by atoms with van der Waals surface area (Å²) in [5.41, 5.74) is 7.92. The van der Waals surface area contributed by atoms with E-state index < -0.39 is 0 Å². The maximum Gasteiger partial charge on any atom is 0.295 e. The van der Waals surface area contributed by atoms with Gasteiger partial charge in [0.05, 0.1) is 5.69 Å². The van der Waals surface area contributed by atoms with E-state index in [4.69, 9.17) is 10.2 Å². The smallest absolute Gasteiger partial charge is 0.295 e. The highest BCUT2D eigenvalue weighted by Gasteiger charge is 2.06. The fraction of sp³-hybridized carbons (Fsp3) is 0.417. The number of hydrogen-bond acceptors (Lipinski definition) is 4. The summed E-state index contributed by atoms with van der Waals surface area (Å²) in [5.74, 6) is 0. The molecule has 0 radical (unpaired) electrons. The first kappa shape index (κ1) is 10.8. The molecule has 4 nitrogen and oxygen atoms in total. The van der Waals surface area contributed by atoms with E-state index in [1.165, 1.54) is 12.8 Å². The molecule has 86 valence electrons. The monoisotopic (exact) mass is 219 g/mol. The van der Waals surface area contributed by atoms with Crippen molar-refractivity contribution in [2.75, 3.05) is 17.6 Å². The number of aromatic nitrogens is 1. The lowest BCUT2D eigenvalue weighted by atomic mass is 10.2. The first-order valence-electron chi connectivity index (χ1n) is 5.70. The van der Waals surface area contributed by atoms with Crippen LogP contribution < -0.4 is 11.1 Å². The molecule has 1 aromatic heterocycles. The Hall–Kier alpha value is -1.71. The number of benzene rings is 1. The Balaban J connectivity index is 2.05. The van der Waals surface area contributed by atoms with Crippen LogP contribution in [-0.2, 0) is 0 Å². The fourth-order valence-corrected chi connectivity index (χ4v) is 1.62. The molecular formula is C12H17N3O. The third-order valence-electron chi connectivity index (χ3n) is 2.51. The number of nitrogens with one attached hydrogen (secondary N) is 1. The van der Waals surface area contributed by atoms with Crippen LogP contribution in [0.2, 0.25) is 0 Å². The lowest BCUT2D eigenvalue weighted by Crippen LogP contribution is -2.01. The Morgan fingerprint density at radius 2 is 2.25 bits per heavy atom. The zero-order valence-corrected chi connectivity index (χ0v) is 9.49. The number of oxazole rings is 1. The summed E-state index contributed by atoms with van der Waals surface area (Å²) in [5, 5.41) is 3.16. The molecule has 0 bridgehead atoms. The maximum absolute atomic E-state index is 5.80. The number of hydrogen-bond donors (Lipinski definition) is 2. The van der Waals surface area contributed by atoms with Crippen molar-refractivity contribution in [3.05, 3.63) is 18.2 Å². The van der Waals surface area contributed by atoms with Gasteiger partial charge in [0.25, 0.3) is 6.01 Å². The fourth-order valence-electron chi connectivity index (χ4n) is 1.62. The Morgan fingerprint density at radius 1 is 1.38 bits per heavy atom. The molecule has 0 fully saturated rings. The summed E-state index contributed by atoms with van der Waals surface area (Å²) in [6, 6.07) is 6.12. The summed E-state index contributed by atoms with van der Waals surface area (Å²) >= 11 is 0. The predicted molar refractivity (Wildman–Crippen MR) is 66.4 cm³/mol. The van der Waals surface area contributed by atoms with Gasteiger partial charge in [0.2, 0.25) is 0 Å². The van der Waals surface area contributed by atoms with E-state index in [1.54, 1.807) is 0 Å². The molecule has 2 rings (SSSR count). The van der Waals surface area contributed by atoms with Crippen molar-refractivity contribution in [1.29, 1.82) is 0 Å². The van der Waals surface area contributed by atoms with Crippen molar-refractivity contribution in [2.24, 2.45) is 0 Å². The van der Waals surface area contributed by atoms with Crippen LogP contribution in [0.5, 0.6) is 0 Å². The van der Waals surface area contributed by atoms with E-state index in [1.807, 2.05) is 18.2 Å². The molecule has 0 aliphatic carbocycles. The Morgan fingerprint density at radius 3 is 3.00 bits per heavy atom. The van der Waals surface area contributed by atoms with Crippen LogP contribution in [0.1, 0.15) is 26.2 Å². The topological polar surface area (TPSA) is 64.1 Å². The van der Waals surface area contributed by atoms with Crippen molar-refractivity contribution >= 4 is 22.8 Å². The highest BCUT2D eigenvalue weighted by molar-refractivity contribution is 5.86. The van der Waals surface area contributed by atoms with Gasteiger partial charge in [-0.05, 0) is 18.6 Å². The first-order valence-corrected chi connectivity index (χ1v) is 5.70. The van der Waals surface area contributed by atoms with Gasteiger partial charge in [-0.1, -0.05) is 25.8 Å². The average molecular weight is 219 g/mol. The minimum Gasteiger partial charge on any atom is -0.423 e. The van der Waals surface area contributed by atoms with Gasteiger partial charge in [-0.3, -0.25) is 0 Å². The molecular weight excluding hydrogens is 202 g/mol. The van der Waals surface area contributed by atoms with Crippen molar-refractivity contribution in [3.63, 3.8) is 0 Å². The van der Waals surface area contributed by atoms with Crippen molar-refractivity contribution in [2.45, 2.75) is 26.2 Å². The summed E-state index contributed by atoms with van der Waals surface area (Å²) in [4.78, 5) is 4.31. The van der Waals surface area contributed by atoms with Crippen LogP contribution >= 0.6 is 0 Å². The molecule has 0 spiro atoms. The Labute approximate surface area is 94.8 Å². The number of nitrogen functional groups attached to an aromatic ring is 1. The van der Waals surface area contributed by atoms with Crippen molar-refractivity contribution in [1.82, 2.24) is 4.98 Å². The second-order valence-corrected chi connectivity index (χ2v) is 3.85. The van der Waals surface area contributed by atoms with Crippen LogP contribution in [0, 0.1) is 0 Å². The average Bonchev–Trinajstić information content (AvgIpc) is 2.69. The van der Waals surface area contributed by atoms with E-state index >= 15 is 0 Å². The van der Waals surface area contributed by atoms with Gasteiger partial charge in [-0.2, -0.15) is 4.98 Å². The third-order valence-corrected chi connectivity index (χ3v) is 2.51. The number of rotatable bonds is 5.